The number of aromatic nitrogens is 4. The Kier molecular flexibility index (Phi) is 7.57. The molecule has 0 radical (unpaired) electrons. The van der Waals surface area contributed by atoms with Crippen LogP contribution in [0, 0.1) is 13.8 Å². The van der Waals surface area contributed by atoms with Crippen molar-refractivity contribution in [1.82, 2.24) is 20.4 Å². The first-order valence-electron chi connectivity index (χ1n) is 13.6. The summed E-state index contributed by atoms with van der Waals surface area (Å²) in [6.45, 7) is 4.73. The molecule has 4 aromatic carbocycles. The Hall–Kier alpha value is -5.50. The lowest BCUT2D eigenvalue weighted by atomic mass is 10.1. The van der Waals surface area contributed by atoms with E-state index in [4.69, 9.17) is 18.9 Å². The van der Waals surface area contributed by atoms with Gasteiger partial charge in [-0.2, -0.15) is 10.2 Å². The highest BCUT2D eigenvalue weighted by atomic mass is 16.7. The van der Waals surface area contributed by atoms with E-state index in [-0.39, 0.29) is 21.0 Å². The lowest BCUT2D eigenvalue weighted by molar-refractivity contribution is 0.173. The van der Waals surface area contributed by atoms with Crippen LogP contribution in [0.5, 0.6) is 23.0 Å². The average molecular weight is 573 g/mol. The van der Waals surface area contributed by atoms with Gasteiger partial charge >= 0.3 is 0 Å². The highest BCUT2D eigenvalue weighted by Gasteiger charge is 2.16. The molecule has 0 unspecified atom stereocenters. The fourth-order valence-corrected chi connectivity index (χ4v) is 4.97. The Balaban J connectivity index is 0.000000150. The van der Waals surface area contributed by atoms with Crippen LogP contribution < -0.4 is 18.9 Å². The monoisotopic (exact) mass is 572 g/mol. The van der Waals surface area contributed by atoms with Crippen LogP contribution >= 0.6 is 0 Å². The van der Waals surface area contributed by atoms with Gasteiger partial charge in [0.1, 0.15) is 0 Å². The van der Waals surface area contributed by atoms with Crippen molar-refractivity contribution in [3.05, 3.63) is 108 Å². The van der Waals surface area contributed by atoms with E-state index in [0.29, 0.717) is 0 Å². The summed E-state index contributed by atoms with van der Waals surface area (Å²) >= 11 is 0. The van der Waals surface area contributed by atoms with Gasteiger partial charge in [0.15, 0.2) is 23.0 Å². The summed E-state index contributed by atoms with van der Waals surface area (Å²) in [6.07, 6.45) is 0. The standard InChI is InChI=1S/2C17H14N2O2.CH4/c2*1-11-3-2-4-12(7-11)14-9-15(19-18-14)13-5-6-16-17(8-13)21-10-20-16;/h2*2-9H,10H2,1H3,(H,18,19);1H4. The lowest BCUT2D eigenvalue weighted by Crippen LogP contribution is -1.92. The number of fused-ring (bicyclic) bond motifs is 2. The van der Waals surface area contributed by atoms with Gasteiger partial charge in [-0.1, -0.05) is 55.0 Å². The Labute approximate surface area is 250 Å². The molecule has 8 rings (SSSR count). The number of ether oxygens (including phenoxy) is 4. The minimum Gasteiger partial charge on any atom is -0.454 e. The predicted octanol–water partition coefficient (Wildman–Crippen LogP) is 8.20. The van der Waals surface area contributed by atoms with Gasteiger partial charge in [0, 0.05) is 22.3 Å². The fraction of sp³-hybridized carbons (Fsp3) is 0.143. The van der Waals surface area contributed by atoms with Gasteiger partial charge in [0.2, 0.25) is 13.6 Å². The molecule has 0 bridgehead atoms. The molecular weight excluding hydrogens is 540 g/mol. The predicted molar refractivity (Wildman–Crippen MR) is 167 cm³/mol. The Morgan fingerprint density at radius 2 is 0.930 bits per heavy atom. The molecule has 8 nitrogen and oxygen atoms in total. The maximum Gasteiger partial charge on any atom is 0.231 e. The normalized spacial score (nSPS) is 12.3. The van der Waals surface area contributed by atoms with Crippen LogP contribution in [0.2, 0.25) is 0 Å². The molecule has 4 heterocycles. The van der Waals surface area contributed by atoms with E-state index >= 15 is 0 Å². The maximum atomic E-state index is 5.41. The minimum absolute atomic E-state index is 0. The molecule has 43 heavy (non-hydrogen) atoms. The second kappa shape index (κ2) is 11.8. The van der Waals surface area contributed by atoms with Crippen LogP contribution in [0.1, 0.15) is 18.6 Å². The Morgan fingerprint density at radius 3 is 1.37 bits per heavy atom. The highest BCUT2D eigenvalue weighted by Crippen LogP contribution is 2.37. The van der Waals surface area contributed by atoms with E-state index in [1.165, 1.54) is 11.1 Å². The van der Waals surface area contributed by atoms with Crippen LogP contribution in [-0.4, -0.2) is 34.0 Å². The first-order chi connectivity index (χ1) is 20.6. The lowest BCUT2D eigenvalue weighted by Gasteiger charge is -2.00. The van der Waals surface area contributed by atoms with Crippen molar-refractivity contribution >= 4 is 0 Å². The zero-order valence-electron chi connectivity index (χ0n) is 23.2. The van der Waals surface area contributed by atoms with Gasteiger partial charge < -0.3 is 18.9 Å². The molecule has 216 valence electrons. The van der Waals surface area contributed by atoms with Crippen molar-refractivity contribution in [3.8, 4) is 68.0 Å². The summed E-state index contributed by atoms with van der Waals surface area (Å²) in [4.78, 5) is 0. The third-order valence-electron chi connectivity index (χ3n) is 7.15. The topological polar surface area (TPSA) is 94.3 Å². The average Bonchev–Trinajstić information content (AvgIpc) is 3.83. The zero-order chi connectivity index (χ0) is 28.5. The smallest absolute Gasteiger partial charge is 0.231 e. The van der Waals surface area contributed by atoms with E-state index in [1.807, 2.05) is 60.7 Å². The molecule has 0 atom stereocenters. The molecule has 2 N–H and O–H groups in total. The number of aryl methyl sites for hydroxylation is 2. The SMILES string of the molecule is C.Cc1cccc(-c2cc(-c3ccc4c(c3)OCO4)[nH]n2)c1.Cc1cccc(-c2cc(-c3ccc4c(c3)OCO4)[nH]n2)c1. The molecule has 2 aliphatic rings. The Morgan fingerprint density at radius 1 is 0.488 bits per heavy atom. The van der Waals surface area contributed by atoms with Crippen molar-refractivity contribution in [2.45, 2.75) is 21.3 Å². The second-order valence-electron chi connectivity index (χ2n) is 10.2. The summed E-state index contributed by atoms with van der Waals surface area (Å²) in [6, 6.07) is 32.5. The summed E-state index contributed by atoms with van der Waals surface area (Å²) < 4.78 is 21.5. The van der Waals surface area contributed by atoms with Crippen LogP contribution in [0.4, 0.5) is 0 Å². The number of nitrogens with zero attached hydrogens (tertiary/aromatic N) is 2. The third kappa shape index (κ3) is 5.81. The van der Waals surface area contributed by atoms with Gasteiger partial charge in [0.25, 0.3) is 0 Å². The largest absolute Gasteiger partial charge is 0.454 e. The zero-order valence-corrected chi connectivity index (χ0v) is 23.2. The summed E-state index contributed by atoms with van der Waals surface area (Å²) in [5.74, 6) is 3.13. The van der Waals surface area contributed by atoms with Gasteiger partial charge in [-0.3, -0.25) is 10.2 Å². The summed E-state index contributed by atoms with van der Waals surface area (Å²) in [7, 11) is 0. The van der Waals surface area contributed by atoms with Crippen LogP contribution in [0.3, 0.4) is 0 Å². The van der Waals surface area contributed by atoms with E-state index in [2.05, 4.69) is 70.6 Å². The van der Waals surface area contributed by atoms with Crippen molar-refractivity contribution in [3.63, 3.8) is 0 Å². The molecule has 0 aliphatic carbocycles. The molecule has 2 aromatic heterocycles. The molecule has 0 fully saturated rings. The first kappa shape index (κ1) is 27.7. The maximum absolute atomic E-state index is 5.41. The van der Waals surface area contributed by atoms with Gasteiger partial charge in [0.05, 0.1) is 22.8 Å². The quantitative estimate of drug-likeness (QED) is 0.221. The molecule has 0 amide bonds. The van der Waals surface area contributed by atoms with E-state index < -0.39 is 0 Å². The van der Waals surface area contributed by atoms with E-state index in [9.17, 15) is 0 Å². The molecule has 0 saturated carbocycles. The summed E-state index contributed by atoms with van der Waals surface area (Å²) in [5, 5.41) is 15.0. The minimum atomic E-state index is 0. The van der Waals surface area contributed by atoms with E-state index in [1.54, 1.807) is 0 Å². The highest BCUT2D eigenvalue weighted by molar-refractivity contribution is 5.71. The van der Waals surface area contributed by atoms with Crippen LogP contribution in [0.25, 0.3) is 45.0 Å². The third-order valence-corrected chi connectivity index (χ3v) is 7.15. The number of hydrogen-bond acceptors (Lipinski definition) is 6. The van der Waals surface area contributed by atoms with Crippen molar-refractivity contribution in [2.75, 3.05) is 13.6 Å². The van der Waals surface area contributed by atoms with Crippen LogP contribution in [-0.2, 0) is 0 Å². The molecule has 0 saturated heterocycles. The number of nitrogens with one attached hydrogen (secondary N) is 2. The van der Waals surface area contributed by atoms with Gasteiger partial charge in [-0.15, -0.1) is 0 Å². The van der Waals surface area contributed by atoms with E-state index in [0.717, 1.165) is 68.0 Å². The first-order valence-corrected chi connectivity index (χ1v) is 13.6. The van der Waals surface area contributed by atoms with Gasteiger partial charge in [-0.25, -0.2) is 0 Å². The number of hydrogen-bond donors (Lipinski definition) is 2. The molecule has 8 heteroatoms. The Bertz CT molecular complexity index is 1750. The molecule has 6 aromatic rings. The molecule has 2 aliphatic heterocycles. The molecule has 0 spiro atoms. The summed E-state index contributed by atoms with van der Waals surface area (Å²) in [5.41, 5.74) is 10.5. The van der Waals surface area contributed by atoms with Crippen molar-refractivity contribution < 1.29 is 18.9 Å². The number of rotatable bonds is 4. The van der Waals surface area contributed by atoms with Crippen LogP contribution in [0.15, 0.2) is 97.1 Å². The van der Waals surface area contributed by atoms with Crippen molar-refractivity contribution in [2.24, 2.45) is 0 Å². The second-order valence-corrected chi connectivity index (χ2v) is 10.2. The number of aromatic amines is 2. The molecular formula is C35H32N4O4. The fourth-order valence-electron chi connectivity index (χ4n) is 4.97. The van der Waals surface area contributed by atoms with Crippen molar-refractivity contribution in [1.29, 1.82) is 0 Å². The number of H-pyrrole nitrogens is 2. The number of benzene rings is 4. The van der Waals surface area contributed by atoms with Gasteiger partial charge in [-0.05, 0) is 74.5 Å².